The largest absolute Gasteiger partial charge is 0.852 e. The predicted octanol–water partition coefficient (Wildman–Crippen LogP) is -0.338. The molecular formula is C10H20GeO2. The van der Waals surface area contributed by atoms with Crippen molar-refractivity contribution in [2.75, 3.05) is 0 Å². The summed E-state index contributed by atoms with van der Waals surface area (Å²) in [6.45, 7) is 0. The minimum Gasteiger partial charge on any atom is -0.852 e. The Kier molecular flexibility index (Phi) is 8.11. The molecule has 0 spiro atoms. The molecule has 13 heavy (non-hydrogen) atoms. The molecule has 2 rings (SSSR count). The maximum absolute atomic E-state index is 10.3. The molecule has 0 N–H and O–H groups in total. The predicted molar refractivity (Wildman–Crippen MR) is 53.1 cm³/mol. The van der Waals surface area contributed by atoms with E-state index in [0.29, 0.717) is 0 Å². The zero-order valence-electron chi connectivity index (χ0n) is 8.34. The summed E-state index contributed by atoms with van der Waals surface area (Å²) in [5.74, 6) is 0. The summed E-state index contributed by atoms with van der Waals surface area (Å²) >= 11 is 0. The van der Waals surface area contributed by atoms with Gasteiger partial charge in [0.1, 0.15) is 0 Å². The molecular weight excluding hydrogens is 225 g/mol. The van der Waals surface area contributed by atoms with Gasteiger partial charge in [0.15, 0.2) is 0 Å². The molecule has 0 unspecified atom stereocenters. The van der Waals surface area contributed by atoms with Crippen LogP contribution in [0.5, 0.6) is 0 Å². The minimum atomic E-state index is -0.204. The number of hydrogen-bond acceptors (Lipinski definition) is 2. The second-order valence-electron chi connectivity index (χ2n) is 3.81. The van der Waals surface area contributed by atoms with Crippen molar-refractivity contribution in [3.63, 3.8) is 0 Å². The van der Waals surface area contributed by atoms with E-state index >= 15 is 0 Å². The smallest absolute Gasteiger partial charge is 0.0544 e. The Bertz CT molecular complexity index is 93.5. The van der Waals surface area contributed by atoms with Gasteiger partial charge in [-0.25, -0.2) is 0 Å². The second-order valence-corrected chi connectivity index (χ2v) is 3.81. The van der Waals surface area contributed by atoms with Gasteiger partial charge in [-0.3, -0.25) is 0 Å². The van der Waals surface area contributed by atoms with Crippen LogP contribution in [0.25, 0.3) is 0 Å². The van der Waals surface area contributed by atoms with Crippen LogP contribution in [0.2, 0.25) is 0 Å². The summed E-state index contributed by atoms with van der Waals surface area (Å²) in [5.41, 5.74) is 0. The summed E-state index contributed by atoms with van der Waals surface area (Å²) in [6, 6.07) is 0. The Hall–Kier alpha value is 0.463. The number of hydrogen-bond donors (Lipinski definition) is 0. The fourth-order valence-electron chi connectivity index (χ4n) is 1.78. The molecule has 0 aromatic rings. The van der Waals surface area contributed by atoms with Gasteiger partial charge in [0.05, 0.1) is 0 Å². The van der Waals surface area contributed by atoms with Crippen molar-refractivity contribution in [3.8, 4) is 0 Å². The molecule has 76 valence electrons. The van der Waals surface area contributed by atoms with Crippen LogP contribution in [0.1, 0.15) is 51.4 Å². The minimum absolute atomic E-state index is 0. The molecule has 0 atom stereocenters. The molecule has 0 bridgehead atoms. The molecule has 0 aromatic carbocycles. The van der Waals surface area contributed by atoms with E-state index in [9.17, 15) is 10.2 Å². The maximum Gasteiger partial charge on any atom is -0.0544 e. The summed E-state index contributed by atoms with van der Waals surface area (Å²) in [7, 11) is 0. The van der Waals surface area contributed by atoms with Gasteiger partial charge in [-0.2, -0.15) is 0 Å². The molecule has 3 heteroatoms. The summed E-state index contributed by atoms with van der Waals surface area (Å²) in [6.07, 6.45) is 8.01. The fraction of sp³-hybridized carbons (Fsp3) is 1.00. The van der Waals surface area contributed by atoms with Crippen molar-refractivity contribution >= 4 is 17.6 Å². The summed E-state index contributed by atoms with van der Waals surface area (Å²) in [5, 5.41) is 20.7. The Morgan fingerprint density at radius 1 is 0.615 bits per heavy atom. The second kappa shape index (κ2) is 7.83. The van der Waals surface area contributed by atoms with E-state index in [4.69, 9.17) is 0 Å². The fourth-order valence-corrected chi connectivity index (χ4v) is 1.78. The third kappa shape index (κ3) is 6.52. The van der Waals surface area contributed by atoms with Gasteiger partial charge in [-0.1, -0.05) is 51.4 Å². The van der Waals surface area contributed by atoms with Crippen LogP contribution in [0, 0.1) is 0 Å². The van der Waals surface area contributed by atoms with Gasteiger partial charge >= 0.3 is 17.6 Å². The Morgan fingerprint density at radius 2 is 0.846 bits per heavy atom. The van der Waals surface area contributed by atoms with Gasteiger partial charge in [0, 0.05) is 0 Å². The standard InChI is InChI=1S/2C5H9O.GeH2/c2*6-5-3-1-2-4-5;/h2*5H,1-4H2;1H2/q2*-1;+2. The SMILES string of the molecule is [GeH2+2].[O-]C1CCCC1.[O-]C1CCCC1. The van der Waals surface area contributed by atoms with Crippen LogP contribution in [-0.2, 0) is 0 Å². The van der Waals surface area contributed by atoms with E-state index in [1.165, 1.54) is 25.7 Å². The van der Waals surface area contributed by atoms with Crippen LogP contribution >= 0.6 is 0 Å². The van der Waals surface area contributed by atoms with Crippen molar-refractivity contribution in [2.24, 2.45) is 0 Å². The van der Waals surface area contributed by atoms with Crippen LogP contribution in [0.15, 0.2) is 0 Å². The summed E-state index contributed by atoms with van der Waals surface area (Å²) < 4.78 is 0. The molecule has 2 fully saturated rings. The first-order chi connectivity index (χ1) is 5.79. The third-order valence-corrected chi connectivity index (χ3v) is 2.60. The Balaban J connectivity index is 0.000000206. The van der Waals surface area contributed by atoms with E-state index in [-0.39, 0.29) is 29.8 Å². The maximum atomic E-state index is 10.3. The van der Waals surface area contributed by atoms with Crippen molar-refractivity contribution < 1.29 is 10.2 Å². The molecule has 2 aliphatic carbocycles. The van der Waals surface area contributed by atoms with E-state index in [1.54, 1.807) is 0 Å². The van der Waals surface area contributed by atoms with Crippen LogP contribution in [-0.4, -0.2) is 29.8 Å². The van der Waals surface area contributed by atoms with Gasteiger partial charge in [-0.05, 0) is 0 Å². The topological polar surface area (TPSA) is 46.1 Å². The molecule has 0 saturated heterocycles. The van der Waals surface area contributed by atoms with E-state index in [2.05, 4.69) is 0 Å². The molecule has 0 aromatic heterocycles. The molecule has 2 nitrogen and oxygen atoms in total. The summed E-state index contributed by atoms with van der Waals surface area (Å²) in [4.78, 5) is 0. The Morgan fingerprint density at radius 3 is 0.923 bits per heavy atom. The van der Waals surface area contributed by atoms with Gasteiger partial charge in [0.2, 0.25) is 0 Å². The van der Waals surface area contributed by atoms with Crippen LogP contribution in [0.4, 0.5) is 0 Å². The first-order valence-electron chi connectivity index (χ1n) is 5.10. The van der Waals surface area contributed by atoms with Crippen LogP contribution < -0.4 is 10.2 Å². The first kappa shape index (κ1) is 13.5. The van der Waals surface area contributed by atoms with E-state index in [0.717, 1.165) is 25.7 Å². The van der Waals surface area contributed by atoms with Gasteiger partial charge in [0.25, 0.3) is 0 Å². The molecule has 2 saturated carbocycles. The molecule has 2 aliphatic rings. The normalized spacial score (nSPS) is 23.5. The third-order valence-electron chi connectivity index (χ3n) is 2.60. The first-order valence-corrected chi connectivity index (χ1v) is 5.10. The zero-order chi connectivity index (χ0) is 8.81. The van der Waals surface area contributed by atoms with Crippen molar-refractivity contribution in [1.82, 2.24) is 0 Å². The molecule has 0 amide bonds. The quantitative estimate of drug-likeness (QED) is 0.548. The monoisotopic (exact) mass is 246 g/mol. The van der Waals surface area contributed by atoms with Crippen LogP contribution in [0.3, 0.4) is 0 Å². The Labute approximate surface area is 91.7 Å². The zero-order valence-corrected chi connectivity index (χ0v) is 11.3. The van der Waals surface area contributed by atoms with Gasteiger partial charge < -0.3 is 10.2 Å². The van der Waals surface area contributed by atoms with Crippen molar-refractivity contribution in [1.29, 1.82) is 0 Å². The van der Waals surface area contributed by atoms with Gasteiger partial charge in [-0.15, -0.1) is 12.2 Å². The van der Waals surface area contributed by atoms with E-state index in [1.807, 2.05) is 0 Å². The average molecular weight is 245 g/mol. The van der Waals surface area contributed by atoms with E-state index < -0.39 is 0 Å². The average Bonchev–Trinajstić information content (AvgIpc) is 2.63. The molecule has 0 radical (unpaired) electrons. The molecule has 0 aliphatic heterocycles. The van der Waals surface area contributed by atoms with Crippen molar-refractivity contribution in [2.45, 2.75) is 63.6 Å². The van der Waals surface area contributed by atoms with Crippen molar-refractivity contribution in [3.05, 3.63) is 0 Å². The molecule has 0 heterocycles. The number of rotatable bonds is 0.